The van der Waals surface area contributed by atoms with Gasteiger partial charge in [-0.2, -0.15) is 11.8 Å². The Morgan fingerprint density at radius 2 is 2.43 bits per heavy atom. The molecule has 1 aromatic heterocycles. The number of carbonyl (C=O) groups excluding carboxylic acids is 1. The predicted octanol–water partition coefficient (Wildman–Crippen LogP) is 2.87. The molecule has 0 spiro atoms. The van der Waals surface area contributed by atoms with Crippen LogP contribution in [0.3, 0.4) is 0 Å². The van der Waals surface area contributed by atoms with Gasteiger partial charge in [-0.25, -0.2) is 4.98 Å². The molecule has 5 heteroatoms. The standard InChI is InChI=1S/C9H11NOS3/c1-6(11)7-4-14-9(10-7)8-5-12-2-3-13-8/h4,8H,2-3,5H2,1H3. The van der Waals surface area contributed by atoms with Gasteiger partial charge in [-0.05, 0) is 0 Å². The summed E-state index contributed by atoms with van der Waals surface area (Å²) in [5.74, 6) is 3.65. The highest BCUT2D eigenvalue weighted by atomic mass is 32.2. The smallest absolute Gasteiger partial charge is 0.178 e. The molecule has 0 radical (unpaired) electrons. The van der Waals surface area contributed by atoms with Crippen molar-refractivity contribution < 1.29 is 4.79 Å². The zero-order valence-electron chi connectivity index (χ0n) is 7.86. The Morgan fingerprint density at radius 3 is 3.00 bits per heavy atom. The SMILES string of the molecule is CC(=O)c1csc(C2CSCCS2)n1. The van der Waals surface area contributed by atoms with Crippen molar-refractivity contribution in [1.82, 2.24) is 4.98 Å². The van der Waals surface area contributed by atoms with Crippen molar-refractivity contribution in [3.8, 4) is 0 Å². The molecule has 2 nitrogen and oxygen atoms in total. The summed E-state index contributed by atoms with van der Waals surface area (Å²) in [6, 6.07) is 0. The lowest BCUT2D eigenvalue weighted by molar-refractivity contribution is 0.101. The van der Waals surface area contributed by atoms with Crippen LogP contribution in [0.2, 0.25) is 0 Å². The second-order valence-electron chi connectivity index (χ2n) is 3.06. The highest BCUT2D eigenvalue weighted by Crippen LogP contribution is 2.37. The molecule has 0 saturated carbocycles. The van der Waals surface area contributed by atoms with Gasteiger partial charge in [-0.1, -0.05) is 0 Å². The van der Waals surface area contributed by atoms with E-state index in [9.17, 15) is 4.79 Å². The quantitative estimate of drug-likeness (QED) is 0.749. The fourth-order valence-corrected chi connectivity index (χ4v) is 5.09. The lowest BCUT2D eigenvalue weighted by Crippen LogP contribution is -2.06. The minimum absolute atomic E-state index is 0.0703. The molecule has 2 rings (SSSR count). The molecule has 1 atom stereocenters. The van der Waals surface area contributed by atoms with Gasteiger partial charge in [0.2, 0.25) is 0 Å². The lowest BCUT2D eigenvalue weighted by Gasteiger charge is -2.18. The van der Waals surface area contributed by atoms with E-state index in [0.717, 1.165) is 10.8 Å². The van der Waals surface area contributed by atoms with E-state index in [2.05, 4.69) is 4.98 Å². The van der Waals surface area contributed by atoms with E-state index in [1.54, 1.807) is 18.3 Å². The van der Waals surface area contributed by atoms with Gasteiger partial charge in [-0.3, -0.25) is 4.79 Å². The first-order valence-electron chi connectivity index (χ1n) is 4.43. The van der Waals surface area contributed by atoms with Gasteiger partial charge < -0.3 is 0 Å². The molecule has 14 heavy (non-hydrogen) atoms. The molecular formula is C9H11NOS3. The first-order chi connectivity index (χ1) is 6.77. The number of aromatic nitrogens is 1. The minimum Gasteiger partial charge on any atom is -0.293 e. The Bertz CT molecular complexity index is 331. The lowest BCUT2D eigenvalue weighted by atomic mass is 10.3. The van der Waals surface area contributed by atoms with Crippen molar-refractivity contribution in [3.63, 3.8) is 0 Å². The number of hydrogen-bond donors (Lipinski definition) is 0. The Kier molecular flexibility index (Phi) is 3.52. The van der Waals surface area contributed by atoms with Crippen LogP contribution in [0.15, 0.2) is 5.38 Å². The fraction of sp³-hybridized carbons (Fsp3) is 0.556. The number of hydrogen-bond acceptors (Lipinski definition) is 5. The summed E-state index contributed by atoms with van der Waals surface area (Å²) >= 11 is 5.55. The van der Waals surface area contributed by atoms with E-state index >= 15 is 0 Å². The fourth-order valence-electron chi connectivity index (χ4n) is 1.23. The molecule has 0 bridgehead atoms. The predicted molar refractivity (Wildman–Crippen MR) is 64.6 cm³/mol. The van der Waals surface area contributed by atoms with Crippen molar-refractivity contribution in [2.75, 3.05) is 17.3 Å². The Balaban J connectivity index is 2.11. The molecule has 1 aromatic rings. The average Bonchev–Trinajstić information content (AvgIpc) is 2.68. The largest absolute Gasteiger partial charge is 0.293 e. The summed E-state index contributed by atoms with van der Waals surface area (Å²) < 4.78 is 0. The third-order valence-electron chi connectivity index (χ3n) is 1.97. The maximum atomic E-state index is 11.1. The Morgan fingerprint density at radius 1 is 1.57 bits per heavy atom. The monoisotopic (exact) mass is 245 g/mol. The van der Waals surface area contributed by atoms with Gasteiger partial charge >= 0.3 is 0 Å². The van der Waals surface area contributed by atoms with Crippen molar-refractivity contribution >= 4 is 40.6 Å². The first kappa shape index (κ1) is 10.5. The zero-order valence-corrected chi connectivity index (χ0v) is 10.3. The Labute approximate surface area is 95.9 Å². The number of rotatable bonds is 2. The molecule has 0 aromatic carbocycles. The molecule has 2 heterocycles. The van der Waals surface area contributed by atoms with Crippen LogP contribution in [0.4, 0.5) is 0 Å². The Hall–Kier alpha value is -0.000000000000000167. The number of thiazole rings is 1. The van der Waals surface area contributed by atoms with E-state index in [0.29, 0.717) is 10.9 Å². The van der Waals surface area contributed by atoms with Crippen LogP contribution < -0.4 is 0 Å². The number of carbonyl (C=O) groups is 1. The maximum Gasteiger partial charge on any atom is 0.178 e. The van der Waals surface area contributed by atoms with Crippen molar-refractivity contribution in [2.45, 2.75) is 12.2 Å². The normalized spacial score (nSPS) is 22.2. The van der Waals surface area contributed by atoms with Gasteiger partial charge in [-0.15, -0.1) is 23.1 Å². The van der Waals surface area contributed by atoms with Crippen LogP contribution in [0.1, 0.15) is 27.7 Å². The van der Waals surface area contributed by atoms with Crippen LogP contribution in [-0.4, -0.2) is 28.0 Å². The van der Waals surface area contributed by atoms with Gasteiger partial charge in [0.05, 0.1) is 5.25 Å². The molecule has 1 aliphatic rings. The number of thioether (sulfide) groups is 2. The van der Waals surface area contributed by atoms with E-state index in [4.69, 9.17) is 0 Å². The van der Waals surface area contributed by atoms with Gasteiger partial charge in [0.1, 0.15) is 10.7 Å². The van der Waals surface area contributed by atoms with Crippen LogP contribution in [0, 0.1) is 0 Å². The van der Waals surface area contributed by atoms with Crippen molar-refractivity contribution in [2.24, 2.45) is 0 Å². The van der Waals surface area contributed by atoms with Crippen LogP contribution >= 0.6 is 34.9 Å². The highest BCUT2D eigenvalue weighted by Gasteiger charge is 2.20. The topological polar surface area (TPSA) is 30.0 Å². The van der Waals surface area contributed by atoms with E-state index in [1.165, 1.54) is 11.5 Å². The third-order valence-corrected chi connectivity index (χ3v) is 5.85. The minimum atomic E-state index is 0.0703. The molecule has 0 N–H and O–H groups in total. The summed E-state index contributed by atoms with van der Waals surface area (Å²) in [6.07, 6.45) is 0. The number of ketones is 1. The average molecular weight is 245 g/mol. The van der Waals surface area contributed by atoms with Crippen molar-refractivity contribution in [1.29, 1.82) is 0 Å². The highest BCUT2D eigenvalue weighted by molar-refractivity contribution is 8.06. The summed E-state index contributed by atoms with van der Waals surface area (Å²) in [6.45, 7) is 1.57. The molecule has 0 aliphatic carbocycles. The maximum absolute atomic E-state index is 11.1. The molecule has 1 saturated heterocycles. The van der Waals surface area contributed by atoms with E-state index < -0.39 is 0 Å². The van der Waals surface area contributed by atoms with Gasteiger partial charge in [0.25, 0.3) is 0 Å². The third kappa shape index (κ3) is 2.32. The van der Waals surface area contributed by atoms with Gasteiger partial charge in [0.15, 0.2) is 5.78 Å². The zero-order chi connectivity index (χ0) is 9.97. The second-order valence-corrected chi connectivity index (χ2v) is 6.41. The second kappa shape index (κ2) is 4.68. The van der Waals surface area contributed by atoms with Crippen molar-refractivity contribution in [3.05, 3.63) is 16.1 Å². The molecule has 0 amide bonds. The van der Waals surface area contributed by atoms with E-state index in [-0.39, 0.29) is 5.78 Å². The summed E-state index contributed by atoms with van der Waals surface area (Å²) in [5.41, 5.74) is 0.626. The number of Topliss-reactive ketones (excluding diaryl/α,β-unsaturated/α-hetero) is 1. The molecular weight excluding hydrogens is 234 g/mol. The molecule has 1 unspecified atom stereocenters. The summed E-state index contributed by atoms with van der Waals surface area (Å²) in [7, 11) is 0. The van der Waals surface area contributed by atoms with Crippen LogP contribution in [0.25, 0.3) is 0 Å². The number of nitrogens with zero attached hydrogens (tertiary/aromatic N) is 1. The molecule has 1 aliphatic heterocycles. The first-order valence-corrected chi connectivity index (χ1v) is 7.51. The summed E-state index contributed by atoms with van der Waals surface area (Å²) in [4.78, 5) is 15.4. The van der Waals surface area contributed by atoms with E-state index in [1.807, 2.05) is 28.9 Å². The van der Waals surface area contributed by atoms with Crippen LogP contribution in [-0.2, 0) is 0 Å². The summed E-state index contributed by atoms with van der Waals surface area (Å²) in [5, 5.41) is 3.50. The van der Waals surface area contributed by atoms with Gasteiger partial charge in [0, 0.05) is 29.6 Å². The van der Waals surface area contributed by atoms with Crippen LogP contribution in [0.5, 0.6) is 0 Å². The molecule has 76 valence electrons. The molecule has 1 fully saturated rings.